The van der Waals surface area contributed by atoms with Gasteiger partial charge in [-0.15, -0.1) is 10.2 Å². The van der Waals surface area contributed by atoms with Crippen LogP contribution in [0.3, 0.4) is 0 Å². The second kappa shape index (κ2) is 7.34. The number of amides is 2. The molecule has 1 saturated heterocycles. The molecule has 1 fully saturated rings. The van der Waals surface area contributed by atoms with Crippen LogP contribution in [-0.2, 0) is 13.0 Å². The fourth-order valence-electron chi connectivity index (χ4n) is 3.91. The van der Waals surface area contributed by atoms with Gasteiger partial charge in [-0.3, -0.25) is 10.1 Å². The minimum atomic E-state index is -0.470. The molecule has 2 amide bonds. The zero-order valence-electron chi connectivity index (χ0n) is 15.0. The van der Waals surface area contributed by atoms with Crippen molar-refractivity contribution in [3.05, 3.63) is 46.0 Å². The van der Waals surface area contributed by atoms with Crippen LogP contribution in [0.1, 0.15) is 49.8 Å². The number of carbonyl (C=O) groups excluding carboxylic acids is 1. The van der Waals surface area contributed by atoms with Gasteiger partial charge >= 0.3 is 6.03 Å². The summed E-state index contributed by atoms with van der Waals surface area (Å²) in [7, 11) is 0. The van der Waals surface area contributed by atoms with Gasteiger partial charge in [0.2, 0.25) is 0 Å². The third kappa shape index (κ3) is 3.49. The number of urea groups is 1. The van der Waals surface area contributed by atoms with E-state index in [2.05, 4.69) is 20.1 Å². The number of likely N-dealkylation sites (tertiary alicyclic amines) is 1. The van der Waals surface area contributed by atoms with E-state index in [0.29, 0.717) is 12.2 Å². The number of non-ortho nitro benzene ring substituents is 1. The number of hydrogen-bond acceptors (Lipinski definition) is 5. The van der Waals surface area contributed by atoms with Crippen molar-refractivity contribution in [1.82, 2.24) is 19.7 Å². The molecule has 142 valence electrons. The number of fused-ring (bicyclic) bond motifs is 1. The van der Waals surface area contributed by atoms with Crippen LogP contribution < -0.4 is 5.32 Å². The van der Waals surface area contributed by atoms with E-state index in [9.17, 15) is 14.9 Å². The molecule has 1 atom stereocenters. The summed E-state index contributed by atoms with van der Waals surface area (Å²) in [6, 6.07) is 5.63. The van der Waals surface area contributed by atoms with Gasteiger partial charge in [-0.05, 0) is 38.2 Å². The summed E-state index contributed by atoms with van der Waals surface area (Å²) in [5, 5.41) is 22.5. The number of carbonyl (C=O) groups is 1. The summed E-state index contributed by atoms with van der Waals surface area (Å²) in [6.07, 6.45) is 5.97. The van der Waals surface area contributed by atoms with E-state index in [0.717, 1.165) is 56.7 Å². The van der Waals surface area contributed by atoms with Gasteiger partial charge in [0.05, 0.1) is 11.0 Å². The average Bonchev–Trinajstić information content (AvgIpc) is 3.12. The van der Waals surface area contributed by atoms with Crippen molar-refractivity contribution in [3.8, 4) is 0 Å². The van der Waals surface area contributed by atoms with Crippen LogP contribution in [0.5, 0.6) is 0 Å². The van der Waals surface area contributed by atoms with Crippen LogP contribution in [0.15, 0.2) is 24.3 Å². The quantitative estimate of drug-likeness (QED) is 0.659. The average molecular weight is 370 g/mol. The lowest BCUT2D eigenvalue weighted by Crippen LogP contribution is -2.42. The molecule has 27 heavy (non-hydrogen) atoms. The van der Waals surface area contributed by atoms with Crippen molar-refractivity contribution in [1.29, 1.82) is 0 Å². The van der Waals surface area contributed by atoms with Gasteiger partial charge in [0.15, 0.2) is 5.82 Å². The molecule has 4 rings (SSSR count). The molecule has 9 heteroatoms. The summed E-state index contributed by atoms with van der Waals surface area (Å²) in [5.41, 5.74) is 0.372. The van der Waals surface area contributed by atoms with Crippen LogP contribution in [0.4, 0.5) is 16.2 Å². The molecule has 3 heterocycles. The third-order valence-electron chi connectivity index (χ3n) is 5.26. The highest BCUT2D eigenvalue weighted by Crippen LogP contribution is 2.32. The van der Waals surface area contributed by atoms with E-state index in [1.54, 1.807) is 17.0 Å². The predicted octanol–water partition coefficient (Wildman–Crippen LogP) is 3.28. The largest absolute Gasteiger partial charge is 0.322 e. The Kier molecular flexibility index (Phi) is 4.74. The number of piperidine rings is 1. The number of aryl methyl sites for hydroxylation is 1. The van der Waals surface area contributed by atoms with Crippen molar-refractivity contribution in [3.63, 3.8) is 0 Å². The zero-order valence-corrected chi connectivity index (χ0v) is 15.0. The predicted molar refractivity (Wildman–Crippen MR) is 98.4 cm³/mol. The number of nitro groups is 1. The highest BCUT2D eigenvalue weighted by atomic mass is 16.6. The molecular formula is C18H22N6O3. The molecule has 1 N–H and O–H groups in total. The van der Waals surface area contributed by atoms with E-state index in [1.807, 2.05) is 0 Å². The highest BCUT2D eigenvalue weighted by molar-refractivity contribution is 5.90. The van der Waals surface area contributed by atoms with Crippen LogP contribution in [0.2, 0.25) is 0 Å². The molecular weight excluding hydrogens is 348 g/mol. The molecule has 0 aliphatic carbocycles. The molecule has 0 radical (unpaired) electrons. The first-order chi connectivity index (χ1) is 13.1. The summed E-state index contributed by atoms with van der Waals surface area (Å²) in [6.45, 7) is 1.53. The van der Waals surface area contributed by atoms with Gasteiger partial charge in [-0.25, -0.2) is 4.79 Å². The van der Waals surface area contributed by atoms with E-state index in [-0.39, 0.29) is 17.8 Å². The van der Waals surface area contributed by atoms with E-state index in [4.69, 9.17) is 0 Å². The molecule has 0 bridgehead atoms. The minimum absolute atomic E-state index is 0.0467. The van der Waals surface area contributed by atoms with Crippen molar-refractivity contribution in [2.45, 2.75) is 51.1 Å². The molecule has 1 aromatic heterocycles. The Bertz CT molecular complexity index is 865. The van der Waals surface area contributed by atoms with Gasteiger partial charge in [-0.2, -0.15) is 0 Å². The third-order valence-corrected chi connectivity index (χ3v) is 5.26. The molecule has 0 spiro atoms. The lowest BCUT2D eigenvalue weighted by molar-refractivity contribution is -0.384. The first kappa shape index (κ1) is 17.4. The van der Waals surface area contributed by atoms with Crippen molar-refractivity contribution in [2.75, 3.05) is 11.9 Å². The number of anilines is 1. The minimum Gasteiger partial charge on any atom is -0.314 e. The number of aromatic nitrogens is 3. The van der Waals surface area contributed by atoms with Crippen LogP contribution in [-0.4, -0.2) is 37.2 Å². The van der Waals surface area contributed by atoms with Crippen molar-refractivity contribution < 1.29 is 9.72 Å². The zero-order chi connectivity index (χ0) is 18.8. The van der Waals surface area contributed by atoms with Crippen LogP contribution in [0.25, 0.3) is 0 Å². The normalized spacial score (nSPS) is 19.4. The van der Waals surface area contributed by atoms with Gasteiger partial charge < -0.3 is 14.8 Å². The summed E-state index contributed by atoms with van der Waals surface area (Å²) in [4.78, 5) is 25.2. The van der Waals surface area contributed by atoms with Crippen molar-refractivity contribution >= 4 is 17.4 Å². The number of rotatable bonds is 3. The van der Waals surface area contributed by atoms with Crippen LogP contribution >= 0.6 is 0 Å². The number of nitro benzene ring substituents is 1. The Morgan fingerprint density at radius 3 is 2.89 bits per heavy atom. The smallest absolute Gasteiger partial charge is 0.314 e. The lowest BCUT2D eigenvalue weighted by Gasteiger charge is -2.35. The van der Waals surface area contributed by atoms with Gasteiger partial charge in [0.25, 0.3) is 5.69 Å². The summed E-state index contributed by atoms with van der Waals surface area (Å²) >= 11 is 0. The first-order valence-electron chi connectivity index (χ1n) is 9.37. The second-order valence-electron chi connectivity index (χ2n) is 7.03. The fourth-order valence-corrected chi connectivity index (χ4v) is 3.91. The Morgan fingerprint density at radius 1 is 1.19 bits per heavy atom. The Morgan fingerprint density at radius 2 is 2.04 bits per heavy atom. The number of nitrogens with one attached hydrogen (secondary N) is 1. The maximum absolute atomic E-state index is 12.9. The number of hydrogen-bond donors (Lipinski definition) is 1. The molecule has 2 aromatic rings. The van der Waals surface area contributed by atoms with E-state index in [1.165, 1.54) is 12.1 Å². The highest BCUT2D eigenvalue weighted by Gasteiger charge is 2.33. The summed E-state index contributed by atoms with van der Waals surface area (Å²) < 4.78 is 2.16. The molecule has 2 aliphatic rings. The summed E-state index contributed by atoms with van der Waals surface area (Å²) in [5.74, 6) is 1.86. The lowest BCUT2D eigenvalue weighted by atomic mass is 10.0. The monoisotopic (exact) mass is 370 g/mol. The fraction of sp³-hybridized carbons (Fsp3) is 0.500. The molecule has 9 nitrogen and oxygen atoms in total. The van der Waals surface area contributed by atoms with Gasteiger partial charge in [0, 0.05) is 37.3 Å². The number of nitrogens with zero attached hydrogens (tertiary/aromatic N) is 5. The standard InChI is InChI=1S/C18H22N6O3/c25-18(19-13-6-5-7-14(12-13)24(26)27)22-10-3-1-8-15(22)17-21-20-16-9-2-4-11-23(16)17/h5-7,12,15H,1-4,8-11H2,(H,19,25)/t15-/m1/s1. The van der Waals surface area contributed by atoms with Crippen LogP contribution in [0, 0.1) is 10.1 Å². The molecule has 0 unspecified atom stereocenters. The molecule has 0 saturated carbocycles. The maximum atomic E-state index is 12.9. The topological polar surface area (TPSA) is 106 Å². The molecule has 1 aromatic carbocycles. The SMILES string of the molecule is O=C(Nc1cccc([N+](=O)[O-])c1)N1CCCC[C@@H]1c1nnc2n1CCCC2. The first-order valence-corrected chi connectivity index (χ1v) is 9.37. The van der Waals surface area contributed by atoms with Gasteiger partial charge in [-0.1, -0.05) is 6.07 Å². The Hall–Kier alpha value is -2.97. The van der Waals surface area contributed by atoms with Gasteiger partial charge in [0.1, 0.15) is 5.82 Å². The Balaban J connectivity index is 1.55. The Labute approximate surface area is 156 Å². The van der Waals surface area contributed by atoms with E-state index >= 15 is 0 Å². The number of benzene rings is 1. The second-order valence-corrected chi connectivity index (χ2v) is 7.03. The maximum Gasteiger partial charge on any atom is 0.322 e. The molecule has 2 aliphatic heterocycles. The van der Waals surface area contributed by atoms with E-state index < -0.39 is 4.92 Å². The van der Waals surface area contributed by atoms with Crippen molar-refractivity contribution in [2.24, 2.45) is 0 Å².